The normalized spacial score (nSPS) is 21.4. The Morgan fingerprint density at radius 2 is 2.06 bits per heavy atom. The average Bonchev–Trinajstić information content (AvgIpc) is 2.69. The van der Waals surface area contributed by atoms with E-state index in [1.807, 2.05) is 0 Å². The number of hydrogen-bond donors (Lipinski definition) is 1. The highest BCUT2D eigenvalue weighted by molar-refractivity contribution is 9.10. The standard InChI is InChI=1S/C11H11BrF3N/c12-9-4-3-7(11(13,14)15)6-8(9)10-2-1-5-16-10/h3-4,6,10,16H,1-2,5H2. The molecule has 0 amide bonds. The van der Waals surface area contributed by atoms with Crippen molar-refractivity contribution in [3.05, 3.63) is 33.8 Å². The van der Waals surface area contributed by atoms with Gasteiger partial charge in [0.15, 0.2) is 0 Å². The first kappa shape index (κ1) is 11.9. The molecule has 1 heterocycles. The fourth-order valence-electron chi connectivity index (χ4n) is 1.94. The van der Waals surface area contributed by atoms with Crippen LogP contribution in [0, 0.1) is 0 Å². The number of nitrogens with one attached hydrogen (secondary N) is 1. The molecular weight excluding hydrogens is 283 g/mol. The van der Waals surface area contributed by atoms with Crippen LogP contribution >= 0.6 is 15.9 Å². The van der Waals surface area contributed by atoms with Gasteiger partial charge in [0.25, 0.3) is 0 Å². The van der Waals surface area contributed by atoms with Gasteiger partial charge in [-0.1, -0.05) is 15.9 Å². The lowest BCUT2D eigenvalue weighted by Gasteiger charge is -2.15. The molecule has 0 radical (unpaired) electrons. The number of alkyl halides is 3. The summed E-state index contributed by atoms with van der Waals surface area (Å²) in [6.07, 6.45) is -2.37. The van der Waals surface area contributed by atoms with Crippen molar-refractivity contribution in [3.8, 4) is 0 Å². The lowest BCUT2D eigenvalue weighted by molar-refractivity contribution is -0.137. The molecule has 0 aliphatic carbocycles. The lowest BCUT2D eigenvalue weighted by atomic mass is 10.0. The predicted octanol–water partition coefficient (Wildman–Crippen LogP) is 3.89. The molecule has 16 heavy (non-hydrogen) atoms. The third kappa shape index (κ3) is 2.40. The Balaban J connectivity index is 2.36. The van der Waals surface area contributed by atoms with E-state index in [1.54, 1.807) is 0 Å². The minimum Gasteiger partial charge on any atom is -0.310 e. The maximum Gasteiger partial charge on any atom is 0.416 e. The lowest BCUT2D eigenvalue weighted by Crippen LogP contribution is -2.15. The first-order chi connectivity index (χ1) is 7.48. The second kappa shape index (κ2) is 4.37. The summed E-state index contributed by atoms with van der Waals surface area (Å²) in [5.41, 5.74) is 0.117. The summed E-state index contributed by atoms with van der Waals surface area (Å²) in [5, 5.41) is 3.20. The number of halogens is 4. The zero-order valence-corrected chi connectivity index (χ0v) is 10.0. The molecular formula is C11H11BrF3N. The zero-order chi connectivity index (χ0) is 11.8. The molecule has 88 valence electrons. The van der Waals surface area contributed by atoms with Crippen molar-refractivity contribution in [3.63, 3.8) is 0 Å². The molecule has 1 aliphatic heterocycles. The highest BCUT2D eigenvalue weighted by Crippen LogP contribution is 2.35. The molecule has 0 saturated carbocycles. The minimum atomic E-state index is -4.27. The predicted molar refractivity (Wildman–Crippen MR) is 59.1 cm³/mol. The van der Waals surface area contributed by atoms with Crippen LogP contribution in [0.15, 0.2) is 22.7 Å². The third-order valence-corrected chi connectivity index (χ3v) is 3.48. The van der Waals surface area contributed by atoms with Crippen LogP contribution in [0.25, 0.3) is 0 Å². The second-order valence-electron chi connectivity index (χ2n) is 3.88. The SMILES string of the molecule is FC(F)(F)c1ccc(Br)c(C2CCCN2)c1. The van der Waals surface area contributed by atoms with Crippen LogP contribution < -0.4 is 5.32 Å². The first-order valence-electron chi connectivity index (χ1n) is 5.08. The molecule has 1 nitrogen and oxygen atoms in total. The fourth-order valence-corrected chi connectivity index (χ4v) is 2.46. The van der Waals surface area contributed by atoms with Crippen LogP contribution in [0.3, 0.4) is 0 Å². The largest absolute Gasteiger partial charge is 0.416 e. The van der Waals surface area contributed by atoms with Gasteiger partial charge in [-0.25, -0.2) is 0 Å². The Morgan fingerprint density at radius 1 is 1.31 bits per heavy atom. The quantitative estimate of drug-likeness (QED) is 0.828. The van der Waals surface area contributed by atoms with Gasteiger partial charge in [-0.2, -0.15) is 13.2 Å². The Hall–Kier alpha value is -0.550. The van der Waals surface area contributed by atoms with E-state index in [0.717, 1.165) is 29.9 Å². The van der Waals surface area contributed by atoms with Crippen LogP contribution in [0.4, 0.5) is 13.2 Å². The van der Waals surface area contributed by atoms with Gasteiger partial charge in [0.2, 0.25) is 0 Å². The van der Waals surface area contributed by atoms with Gasteiger partial charge in [-0.05, 0) is 43.1 Å². The molecule has 0 aromatic heterocycles. The van der Waals surface area contributed by atoms with E-state index >= 15 is 0 Å². The molecule has 1 aromatic rings. The minimum absolute atomic E-state index is 0.0386. The summed E-state index contributed by atoms with van der Waals surface area (Å²) in [6, 6.07) is 3.84. The molecule has 1 aliphatic rings. The van der Waals surface area contributed by atoms with E-state index in [1.165, 1.54) is 12.1 Å². The first-order valence-corrected chi connectivity index (χ1v) is 5.88. The van der Waals surface area contributed by atoms with Crippen LogP contribution in [0.5, 0.6) is 0 Å². The Kier molecular flexibility index (Phi) is 3.26. The topological polar surface area (TPSA) is 12.0 Å². The molecule has 1 fully saturated rings. The van der Waals surface area contributed by atoms with Crippen molar-refractivity contribution in [1.82, 2.24) is 5.32 Å². The van der Waals surface area contributed by atoms with Crippen LogP contribution in [-0.2, 0) is 6.18 Å². The van der Waals surface area contributed by atoms with Crippen molar-refractivity contribution in [1.29, 1.82) is 0 Å². The summed E-state index contributed by atoms with van der Waals surface area (Å²) < 4.78 is 38.4. The van der Waals surface area contributed by atoms with Crippen molar-refractivity contribution in [2.24, 2.45) is 0 Å². The summed E-state index contributed by atoms with van der Waals surface area (Å²) >= 11 is 3.30. The summed E-state index contributed by atoms with van der Waals surface area (Å²) in [6.45, 7) is 0.868. The molecule has 2 rings (SSSR count). The van der Waals surface area contributed by atoms with Crippen LogP contribution in [0.1, 0.15) is 30.0 Å². The van der Waals surface area contributed by atoms with E-state index < -0.39 is 11.7 Å². The molecule has 1 unspecified atom stereocenters. The number of hydrogen-bond acceptors (Lipinski definition) is 1. The van der Waals surface area contributed by atoms with Crippen LogP contribution in [0.2, 0.25) is 0 Å². The van der Waals surface area contributed by atoms with E-state index in [0.29, 0.717) is 5.56 Å². The average molecular weight is 294 g/mol. The van der Waals surface area contributed by atoms with Crippen molar-refractivity contribution in [2.45, 2.75) is 25.1 Å². The molecule has 1 atom stereocenters. The molecule has 1 N–H and O–H groups in total. The Morgan fingerprint density at radius 3 is 2.62 bits per heavy atom. The van der Waals surface area contributed by atoms with E-state index in [-0.39, 0.29) is 6.04 Å². The van der Waals surface area contributed by atoms with Crippen molar-refractivity contribution < 1.29 is 13.2 Å². The highest BCUT2D eigenvalue weighted by atomic mass is 79.9. The Labute approximate surface area is 100 Å². The van der Waals surface area contributed by atoms with E-state index in [4.69, 9.17) is 0 Å². The van der Waals surface area contributed by atoms with E-state index in [2.05, 4.69) is 21.2 Å². The second-order valence-corrected chi connectivity index (χ2v) is 4.74. The monoisotopic (exact) mass is 293 g/mol. The molecule has 1 aromatic carbocycles. The van der Waals surface area contributed by atoms with Gasteiger partial charge < -0.3 is 5.32 Å². The maximum absolute atomic E-state index is 12.6. The summed E-state index contributed by atoms with van der Waals surface area (Å²) in [5.74, 6) is 0. The number of benzene rings is 1. The Bertz CT molecular complexity index is 383. The molecule has 5 heteroatoms. The summed E-state index contributed by atoms with van der Waals surface area (Å²) in [7, 11) is 0. The maximum atomic E-state index is 12.6. The summed E-state index contributed by atoms with van der Waals surface area (Å²) in [4.78, 5) is 0. The van der Waals surface area contributed by atoms with Gasteiger partial charge in [-0.3, -0.25) is 0 Å². The molecule has 1 saturated heterocycles. The number of rotatable bonds is 1. The van der Waals surface area contributed by atoms with Gasteiger partial charge in [0.1, 0.15) is 0 Å². The zero-order valence-electron chi connectivity index (χ0n) is 8.44. The van der Waals surface area contributed by atoms with Crippen molar-refractivity contribution in [2.75, 3.05) is 6.54 Å². The van der Waals surface area contributed by atoms with Gasteiger partial charge in [-0.15, -0.1) is 0 Å². The molecule has 0 spiro atoms. The molecule has 0 bridgehead atoms. The van der Waals surface area contributed by atoms with Gasteiger partial charge in [0, 0.05) is 10.5 Å². The van der Waals surface area contributed by atoms with Crippen LogP contribution in [-0.4, -0.2) is 6.54 Å². The van der Waals surface area contributed by atoms with E-state index in [9.17, 15) is 13.2 Å². The van der Waals surface area contributed by atoms with Crippen molar-refractivity contribution >= 4 is 15.9 Å². The fraction of sp³-hybridized carbons (Fsp3) is 0.455. The smallest absolute Gasteiger partial charge is 0.310 e. The van der Waals surface area contributed by atoms with Gasteiger partial charge >= 0.3 is 6.18 Å². The third-order valence-electron chi connectivity index (χ3n) is 2.76. The highest BCUT2D eigenvalue weighted by Gasteiger charge is 2.32. The van der Waals surface area contributed by atoms with Gasteiger partial charge in [0.05, 0.1) is 5.56 Å².